The van der Waals surface area contributed by atoms with Crippen LogP contribution in [-0.2, 0) is 14.1 Å². The lowest BCUT2D eigenvalue weighted by atomic mass is 9.97. The number of urea groups is 1. The second-order valence-corrected chi connectivity index (χ2v) is 7.28. The van der Waals surface area contributed by atoms with Crippen molar-refractivity contribution < 1.29 is 18.0 Å². The highest BCUT2D eigenvalue weighted by Gasteiger charge is 2.45. The third-order valence-corrected chi connectivity index (χ3v) is 5.32. The molecular weight excluding hydrogens is 373 g/mol. The number of nitrogens with one attached hydrogen (secondary N) is 1. The molecule has 2 atom stereocenters. The van der Waals surface area contributed by atoms with Crippen LogP contribution in [-0.4, -0.2) is 43.2 Å². The van der Waals surface area contributed by atoms with E-state index in [1.165, 1.54) is 16.5 Å². The summed E-state index contributed by atoms with van der Waals surface area (Å²) in [5, 5.41) is 10.4. The van der Waals surface area contributed by atoms with Gasteiger partial charge in [0.2, 0.25) is 0 Å². The lowest BCUT2D eigenvalue weighted by Crippen LogP contribution is -2.48. The van der Waals surface area contributed by atoms with Crippen molar-refractivity contribution in [3.8, 4) is 0 Å². The van der Waals surface area contributed by atoms with Crippen LogP contribution in [0.15, 0.2) is 12.4 Å². The topological polar surface area (TPSA) is 68.0 Å². The lowest BCUT2D eigenvalue weighted by Gasteiger charge is -2.36. The molecule has 154 valence electrons. The van der Waals surface area contributed by atoms with Crippen LogP contribution in [0.2, 0.25) is 0 Å². The van der Waals surface area contributed by atoms with Crippen LogP contribution >= 0.6 is 0 Å². The van der Waals surface area contributed by atoms with Gasteiger partial charge in [0, 0.05) is 43.7 Å². The highest BCUT2D eigenvalue weighted by molar-refractivity contribution is 5.75. The highest BCUT2D eigenvalue weighted by Crippen LogP contribution is 2.37. The van der Waals surface area contributed by atoms with Crippen molar-refractivity contribution in [2.24, 2.45) is 14.1 Å². The Morgan fingerprint density at radius 2 is 2.00 bits per heavy atom. The van der Waals surface area contributed by atoms with Gasteiger partial charge in [0.15, 0.2) is 6.04 Å². The number of hydrogen-bond acceptors (Lipinski definition) is 3. The number of carbonyl (C=O) groups is 1. The van der Waals surface area contributed by atoms with Crippen LogP contribution in [0.4, 0.5) is 18.0 Å². The van der Waals surface area contributed by atoms with E-state index < -0.39 is 18.2 Å². The van der Waals surface area contributed by atoms with Gasteiger partial charge in [-0.15, -0.1) is 0 Å². The van der Waals surface area contributed by atoms with Crippen LogP contribution in [0.5, 0.6) is 0 Å². The molecule has 10 heteroatoms. The van der Waals surface area contributed by atoms with Crippen LogP contribution in [0.3, 0.4) is 0 Å². The number of aromatic nitrogens is 4. The molecule has 0 aromatic carbocycles. The maximum atomic E-state index is 13.8. The molecule has 2 amide bonds. The van der Waals surface area contributed by atoms with E-state index >= 15 is 0 Å². The Balaban J connectivity index is 1.88. The lowest BCUT2D eigenvalue weighted by molar-refractivity contribution is -0.155. The smallest absolute Gasteiger partial charge is 0.322 e. The molecule has 0 spiro atoms. The summed E-state index contributed by atoms with van der Waals surface area (Å²) in [6.07, 6.45) is 1.19. The molecule has 0 saturated carbocycles. The second kappa shape index (κ2) is 7.48. The summed E-state index contributed by atoms with van der Waals surface area (Å²) >= 11 is 0. The molecule has 0 aliphatic carbocycles. The van der Waals surface area contributed by atoms with Gasteiger partial charge in [-0.2, -0.15) is 23.4 Å². The quantitative estimate of drug-likeness (QED) is 0.863. The molecule has 1 aliphatic rings. The fourth-order valence-corrected chi connectivity index (χ4v) is 3.87. The first kappa shape index (κ1) is 20.2. The van der Waals surface area contributed by atoms with Crippen LogP contribution in [0, 0.1) is 13.8 Å². The average molecular weight is 398 g/mol. The molecule has 3 heterocycles. The van der Waals surface area contributed by atoms with E-state index in [2.05, 4.69) is 15.5 Å². The van der Waals surface area contributed by atoms with Crippen molar-refractivity contribution >= 4 is 6.03 Å². The molecule has 1 fully saturated rings. The van der Waals surface area contributed by atoms with Crippen LogP contribution in [0.25, 0.3) is 0 Å². The van der Waals surface area contributed by atoms with E-state index in [9.17, 15) is 18.0 Å². The number of alkyl halides is 3. The van der Waals surface area contributed by atoms with E-state index in [1.54, 1.807) is 38.1 Å². The molecule has 2 aromatic rings. The monoisotopic (exact) mass is 398 g/mol. The summed E-state index contributed by atoms with van der Waals surface area (Å²) < 4.78 is 44.6. The van der Waals surface area contributed by atoms with Gasteiger partial charge in [0.05, 0.1) is 17.9 Å². The Morgan fingerprint density at radius 1 is 1.29 bits per heavy atom. The Kier molecular flexibility index (Phi) is 5.40. The summed E-state index contributed by atoms with van der Waals surface area (Å²) in [6.45, 7) is 3.49. The van der Waals surface area contributed by atoms with Crippen molar-refractivity contribution in [3.63, 3.8) is 0 Å². The van der Waals surface area contributed by atoms with Gasteiger partial charge < -0.3 is 10.2 Å². The Labute approximate surface area is 161 Å². The predicted molar refractivity (Wildman–Crippen MR) is 96.5 cm³/mol. The Morgan fingerprint density at radius 3 is 2.54 bits per heavy atom. The molecule has 0 bridgehead atoms. The van der Waals surface area contributed by atoms with E-state index in [1.807, 2.05) is 0 Å². The summed E-state index contributed by atoms with van der Waals surface area (Å²) in [5.41, 5.74) is 1.46. The normalized spacial score (nSPS) is 19.0. The molecule has 7 nitrogen and oxygen atoms in total. The van der Waals surface area contributed by atoms with Gasteiger partial charge in [-0.25, -0.2) is 4.79 Å². The van der Waals surface area contributed by atoms with E-state index in [-0.39, 0.29) is 17.3 Å². The van der Waals surface area contributed by atoms with Crippen molar-refractivity contribution in [2.45, 2.75) is 51.4 Å². The molecule has 1 saturated heterocycles. The van der Waals surface area contributed by atoms with Gasteiger partial charge in [-0.1, -0.05) is 0 Å². The minimum Gasteiger partial charge on any atom is -0.322 e. The van der Waals surface area contributed by atoms with Gasteiger partial charge in [0.1, 0.15) is 0 Å². The van der Waals surface area contributed by atoms with Crippen molar-refractivity contribution in [3.05, 3.63) is 34.9 Å². The van der Waals surface area contributed by atoms with Gasteiger partial charge >= 0.3 is 12.2 Å². The summed E-state index contributed by atoms with van der Waals surface area (Å²) in [7, 11) is 3.36. The number of hydrogen-bond donors (Lipinski definition) is 1. The van der Waals surface area contributed by atoms with Gasteiger partial charge in [0.25, 0.3) is 0 Å². The Hall–Kier alpha value is -2.52. The fraction of sp³-hybridized carbons (Fsp3) is 0.611. The van der Waals surface area contributed by atoms with Gasteiger partial charge in [-0.05, 0) is 33.1 Å². The minimum atomic E-state index is -4.63. The molecule has 1 N–H and O–H groups in total. The van der Waals surface area contributed by atoms with Crippen molar-refractivity contribution in [1.29, 1.82) is 0 Å². The largest absolute Gasteiger partial charge is 0.413 e. The number of halogens is 3. The summed E-state index contributed by atoms with van der Waals surface area (Å²) in [5.74, 6) is 0. The number of amides is 2. The zero-order chi connectivity index (χ0) is 20.6. The first-order chi connectivity index (χ1) is 13.1. The second-order valence-electron chi connectivity index (χ2n) is 7.28. The third kappa shape index (κ3) is 3.85. The van der Waals surface area contributed by atoms with E-state index in [0.29, 0.717) is 18.7 Å². The molecular formula is C18H25F3N6O. The van der Waals surface area contributed by atoms with Gasteiger partial charge in [-0.3, -0.25) is 9.36 Å². The number of aryl methyl sites for hydroxylation is 3. The first-order valence-corrected chi connectivity index (χ1v) is 9.22. The summed E-state index contributed by atoms with van der Waals surface area (Å²) in [4.78, 5) is 14.4. The van der Waals surface area contributed by atoms with Crippen molar-refractivity contribution in [1.82, 2.24) is 29.8 Å². The molecule has 0 radical (unpaired) electrons. The zero-order valence-corrected chi connectivity index (χ0v) is 16.4. The maximum Gasteiger partial charge on any atom is 0.413 e. The molecule has 2 unspecified atom stereocenters. The Bertz CT molecular complexity index is 856. The molecule has 3 rings (SSSR count). The third-order valence-electron chi connectivity index (χ3n) is 5.32. The number of carbonyl (C=O) groups excluding carboxylic acids is 1. The number of likely N-dealkylation sites (tertiary alicyclic amines) is 1. The van der Waals surface area contributed by atoms with E-state index in [0.717, 1.165) is 18.4 Å². The first-order valence-electron chi connectivity index (χ1n) is 9.22. The van der Waals surface area contributed by atoms with E-state index in [4.69, 9.17) is 0 Å². The van der Waals surface area contributed by atoms with Crippen LogP contribution in [0.1, 0.15) is 53.9 Å². The highest BCUT2D eigenvalue weighted by atomic mass is 19.4. The molecule has 28 heavy (non-hydrogen) atoms. The summed E-state index contributed by atoms with van der Waals surface area (Å²) in [6, 6.07) is -3.11. The van der Waals surface area contributed by atoms with Crippen LogP contribution < -0.4 is 5.32 Å². The zero-order valence-electron chi connectivity index (χ0n) is 16.4. The standard InChI is InChI=1S/C18H25F3N6O/c1-11-15(12(2)26(4)24-11)16(18(19,20)21)23-17(28)27-8-6-5-7-14(27)13-9-22-25(3)10-13/h9-10,14,16H,5-8H2,1-4H3,(H,23,28). The maximum absolute atomic E-state index is 13.8. The minimum absolute atomic E-state index is 0.00159. The van der Waals surface area contributed by atoms with Crippen molar-refractivity contribution in [2.75, 3.05) is 6.54 Å². The SMILES string of the molecule is Cc1nn(C)c(C)c1C(NC(=O)N1CCCCC1c1cnn(C)c1)C(F)(F)F. The molecule has 2 aromatic heterocycles. The number of piperidine rings is 1. The number of rotatable bonds is 3. The molecule has 1 aliphatic heterocycles. The average Bonchev–Trinajstić information content (AvgIpc) is 3.15. The fourth-order valence-electron chi connectivity index (χ4n) is 3.87. The predicted octanol–water partition coefficient (Wildman–Crippen LogP) is 3.31. The number of nitrogens with zero attached hydrogens (tertiary/aromatic N) is 5.